The average Bonchev–Trinajstić information content (AvgIpc) is 3.41. The highest BCUT2D eigenvalue weighted by molar-refractivity contribution is 6.30. The van der Waals surface area contributed by atoms with Crippen molar-refractivity contribution in [1.82, 2.24) is 4.90 Å². The number of fused-ring (bicyclic) bond motifs is 1. The molecule has 0 amide bonds. The zero-order valence-corrected chi connectivity index (χ0v) is 18.7. The van der Waals surface area contributed by atoms with Crippen LogP contribution in [0.4, 0.5) is 0 Å². The molecule has 12 nitrogen and oxygen atoms in total. The van der Waals surface area contributed by atoms with E-state index in [1.54, 1.807) is 6.07 Å². The predicted octanol–water partition coefficient (Wildman–Crippen LogP) is 1.27. The number of benzene rings is 1. The van der Waals surface area contributed by atoms with Crippen molar-refractivity contribution in [3.8, 4) is 11.5 Å². The van der Waals surface area contributed by atoms with Crippen molar-refractivity contribution in [2.24, 2.45) is 11.7 Å². The number of halogens is 1. The zero-order valence-electron chi connectivity index (χ0n) is 17.9. The van der Waals surface area contributed by atoms with Crippen molar-refractivity contribution >= 4 is 35.5 Å². The molecule has 2 heterocycles. The van der Waals surface area contributed by atoms with Gasteiger partial charge in [-0.25, -0.2) is 19.2 Å². The van der Waals surface area contributed by atoms with Gasteiger partial charge in [0.1, 0.15) is 0 Å². The van der Waals surface area contributed by atoms with Gasteiger partial charge >= 0.3 is 23.9 Å². The van der Waals surface area contributed by atoms with Crippen LogP contribution in [-0.2, 0) is 25.7 Å². The molecule has 0 aliphatic carbocycles. The molecule has 1 saturated heterocycles. The van der Waals surface area contributed by atoms with Crippen LogP contribution in [0, 0.1) is 5.92 Å². The molecule has 0 radical (unpaired) electrons. The van der Waals surface area contributed by atoms with Crippen molar-refractivity contribution in [2.45, 2.75) is 13.0 Å². The third kappa shape index (κ3) is 11.3. The van der Waals surface area contributed by atoms with Gasteiger partial charge in [0, 0.05) is 54.0 Å². The first-order valence-corrected chi connectivity index (χ1v) is 10.2. The van der Waals surface area contributed by atoms with Gasteiger partial charge in [-0.15, -0.1) is 0 Å². The Morgan fingerprint density at radius 1 is 0.971 bits per heavy atom. The number of carboxylic acids is 4. The summed E-state index contributed by atoms with van der Waals surface area (Å²) >= 11 is 6.10. The molecule has 1 aromatic carbocycles. The molecule has 0 saturated carbocycles. The fraction of sp³-hybridized carbons (Fsp3) is 0.333. The average molecular weight is 501 g/mol. The lowest BCUT2D eigenvalue weighted by atomic mass is 10.1. The van der Waals surface area contributed by atoms with Gasteiger partial charge in [-0.05, 0) is 31.5 Å². The lowest BCUT2D eigenvalue weighted by Crippen LogP contribution is -2.22. The number of hydrogen-bond acceptors (Lipinski definition) is 8. The summed E-state index contributed by atoms with van der Waals surface area (Å²) in [5, 5.41) is 31.9. The van der Waals surface area contributed by atoms with E-state index in [2.05, 4.69) is 4.90 Å². The summed E-state index contributed by atoms with van der Waals surface area (Å²) in [4.78, 5) is 40.6. The molecule has 1 fully saturated rings. The van der Waals surface area contributed by atoms with E-state index < -0.39 is 23.9 Å². The Labute approximate surface area is 199 Å². The molecule has 13 heteroatoms. The second kappa shape index (κ2) is 14.5. The number of carbonyl (C=O) groups is 4. The van der Waals surface area contributed by atoms with Crippen LogP contribution in [0.2, 0.25) is 5.02 Å². The summed E-state index contributed by atoms with van der Waals surface area (Å²) in [5.74, 6) is -2.81. The normalized spacial score (nSPS) is 16.5. The molecule has 0 bridgehead atoms. The van der Waals surface area contributed by atoms with Crippen LogP contribution in [0.1, 0.15) is 12.0 Å². The molecule has 6 N–H and O–H groups in total. The van der Waals surface area contributed by atoms with E-state index in [0.717, 1.165) is 43.2 Å². The third-order valence-electron chi connectivity index (χ3n) is 4.35. The minimum absolute atomic E-state index is 0.286. The van der Waals surface area contributed by atoms with Gasteiger partial charge in [0.2, 0.25) is 6.79 Å². The van der Waals surface area contributed by atoms with Gasteiger partial charge in [-0.3, -0.25) is 4.90 Å². The summed E-state index contributed by atoms with van der Waals surface area (Å²) in [6.45, 7) is 4.04. The van der Waals surface area contributed by atoms with E-state index in [9.17, 15) is 19.2 Å². The Kier molecular flexibility index (Phi) is 12.1. The number of aliphatic carboxylic acids is 4. The molecular weight excluding hydrogens is 476 g/mol. The first-order valence-electron chi connectivity index (χ1n) is 9.80. The number of likely N-dealkylation sites (tertiary alicyclic amines) is 1. The third-order valence-corrected chi connectivity index (χ3v) is 4.57. The van der Waals surface area contributed by atoms with Crippen molar-refractivity contribution in [1.29, 1.82) is 0 Å². The molecule has 2 aliphatic heterocycles. The van der Waals surface area contributed by atoms with Crippen LogP contribution >= 0.6 is 11.6 Å². The second-order valence-corrected chi connectivity index (χ2v) is 7.38. The molecule has 1 aromatic rings. The summed E-state index contributed by atoms with van der Waals surface area (Å²) in [5.41, 5.74) is 6.82. The Hall–Kier alpha value is -3.61. The Bertz CT molecular complexity index is 882. The monoisotopic (exact) mass is 500 g/mol. The highest BCUT2D eigenvalue weighted by Crippen LogP contribution is 2.39. The molecular formula is C21H25ClN2O10. The van der Waals surface area contributed by atoms with E-state index in [4.69, 9.17) is 47.2 Å². The fourth-order valence-electron chi connectivity index (χ4n) is 2.94. The molecule has 0 unspecified atom stereocenters. The maximum absolute atomic E-state index is 9.55. The fourth-order valence-corrected chi connectivity index (χ4v) is 3.17. The molecule has 1 atom stereocenters. The summed E-state index contributed by atoms with van der Waals surface area (Å²) in [7, 11) is 0. The number of nitrogens with zero attached hydrogens (tertiary/aromatic N) is 1. The minimum atomic E-state index is -1.26. The van der Waals surface area contributed by atoms with Crippen LogP contribution in [0.25, 0.3) is 0 Å². The van der Waals surface area contributed by atoms with Crippen molar-refractivity contribution < 1.29 is 49.1 Å². The van der Waals surface area contributed by atoms with E-state index >= 15 is 0 Å². The second-order valence-electron chi connectivity index (χ2n) is 6.94. The molecule has 34 heavy (non-hydrogen) atoms. The van der Waals surface area contributed by atoms with Gasteiger partial charge in [-0.2, -0.15) is 0 Å². The number of nitrogens with two attached hydrogens (primary N) is 1. The number of hydrogen-bond donors (Lipinski definition) is 5. The van der Waals surface area contributed by atoms with Crippen LogP contribution in [0.3, 0.4) is 0 Å². The highest BCUT2D eigenvalue weighted by atomic mass is 35.5. The molecule has 186 valence electrons. The Balaban J connectivity index is 0.000000304. The Morgan fingerprint density at radius 3 is 1.94 bits per heavy atom. The first kappa shape index (κ1) is 28.4. The lowest BCUT2D eigenvalue weighted by Gasteiger charge is -2.17. The highest BCUT2D eigenvalue weighted by Gasteiger charge is 2.25. The predicted molar refractivity (Wildman–Crippen MR) is 119 cm³/mol. The van der Waals surface area contributed by atoms with Crippen LogP contribution in [-0.4, -0.2) is 75.6 Å². The lowest BCUT2D eigenvalue weighted by molar-refractivity contribution is -0.134. The maximum Gasteiger partial charge on any atom is 0.328 e. The summed E-state index contributed by atoms with van der Waals surface area (Å²) in [6, 6.07) is 3.77. The van der Waals surface area contributed by atoms with E-state index in [-0.39, 0.29) is 6.79 Å². The van der Waals surface area contributed by atoms with Crippen molar-refractivity contribution in [3.63, 3.8) is 0 Å². The van der Waals surface area contributed by atoms with Gasteiger partial charge in [0.05, 0.1) is 0 Å². The largest absolute Gasteiger partial charge is 0.478 e. The number of rotatable bonds is 7. The smallest absolute Gasteiger partial charge is 0.328 e. The molecule has 2 aliphatic rings. The van der Waals surface area contributed by atoms with Gasteiger partial charge in [0.25, 0.3) is 0 Å². The standard InChI is InChI=1S/C13H17ClN2O2.2C4H4O4/c14-11-3-10(13-12(4-11)17-8-18-13)7-16-2-1-9(5-15)6-16;2*5-3(6)1-2-4(7)8/h3-4,9H,1-2,5-8,15H2;2*1-2H,(H,5,6)(H,7,8)/b;2*2-1+/t9-;;/m0../s1. The first-order chi connectivity index (χ1) is 16.0. The van der Waals surface area contributed by atoms with Crippen LogP contribution in [0.5, 0.6) is 11.5 Å². The quantitative estimate of drug-likeness (QED) is 0.336. The van der Waals surface area contributed by atoms with Crippen LogP contribution < -0.4 is 15.2 Å². The number of ether oxygens (including phenoxy) is 2. The molecule has 3 rings (SSSR count). The van der Waals surface area contributed by atoms with Gasteiger partial charge in [-0.1, -0.05) is 11.6 Å². The van der Waals surface area contributed by atoms with E-state index in [1.807, 2.05) is 6.07 Å². The maximum atomic E-state index is 9.55. The van der Waals surface area contributed by atoms with Gasteiger partial charge in [0.15, 0.2) is 11.5 Å². The van der Waals surface area contributed by atoms with E-state index in [1.165, 1.54) is 6.42 Å². The SMILES string of the molecule is NC[C@@H]1CCN(Cc2cc(Cl)cc3c2OCO3)C1.O=C(O)/C=C/C(=O)O.O=C(O)/C=C/C(=O)O. The Morgan fingerprint density at radius 2 is 1.50 bits per heavy atom. The molecule has 0 aromatic heterocycles. The number of carboxylic acid groups (broad SMARTS) is 4. The van der Waals surface area contributed by atoms with Gasteiger partial charge < -0.3 is 35.6 Å². The van der Waals surface area contributed by atoms with Crippen molar-refractivity contribution in [2.75, 3.05) is 26.4 Å². The van der Waals surface area contributed by atoms with E-state index in [0.29, 0.717) is 35.2 Å². The summed E-state index contributed by atoms with van der Waals surface area (Å²) in [6.07, 6.45) is 3.41. The molecule has 0 spiro atoms. The topological polar surface area (TPSA) is 197 Å². The minimum Gasteiger partial charge on any atom is -0.478 e. The zero-order chi connectivity index (χ0) is 25.7. The summed E-state index contributed by atoms with van der Waals surface area (Å²) < 4.78 is 10.9. The van der Waals surface area contributed by atoms with Crippen molar-refractivity contribution in [3.05, 3.63) is 47.0 Å². The van der Waals surface area contributed by atoms with Crippen LogP contribution in [0.15, 0.2) is 36.4 Å².